The summed E-state index contributed by atoms with van der Waals surface area (Å²) in [6, 6.07) is 13.7. The Morgan fingerprint density at radius 3 is 2.38 bits per heavy atom. The van der Waals surface area contributed by atoms with E-state index in [9.17, 15) is 18.0 Å². The van der Waals surface area contributed by atoms with Gasteiger partial charge in [-0.15, -0.1) is 0 Å². The zero-order chi connectivity index (χ0) is 20.6. The van der Waals surface area contributed by atoms with Crippen molar-refractivity contribution in [2.24, 2.45) is 4.99 Å². The van der Waals surface area contributed by atoms with Gasteiger partial charge in [0.15, 0.2) is 11.6 Å². The van der Waals surface area contributed by atoms with Gasteiger partial charge >= 0.3 is 0 Å². The number of fused-ring (bicyclic) bond motifs is 1. The summed E-state index contributed by atoms with van der Waals surface area (Å²) in [7, 11) is -3.85. The number of hydrogen-bond donors (Lipinski definition) is 1. The first kappa shape index (κ1) is 18.8. The fraction of sp³-hybridized carbons (Fsp3) is 0.100. The Bertz CT molecular complexity index is 1260. The van der Waals surface area contributed by atoms with Gasteiger partial charge in [-0.1, -0.05) is 29.4 Å². The van der Waals surface area contributed by atoms with Crippen molar-refractivity contribution in [1.82, 2.24) is 5.16 Å². The number of aromatic nitrogens is 1. The number of hydrogen-bond acceptors (Lipinski definition) is 7. The highest BCUT2D eigenvalue weighted by Crippen LogP contribution is 2.24. The molecule has 1 aromatic heterocycles. The first-order chi connectivity index (χ1) is 13.8. The van der Waals surface area contributed by atoms with Crippen LogP contribution in [-0.4, -0.2) is 30.9 Å². The minimum atomic E-state index is -3.85. The van der Waals surface area contributed by atoms with Gasteiger partial charge in [0.05, 0.1) is 22.7 Å². The molecular formula is C20H15N3O5S. The van der Waals surface area contributed by atoms with Crippen LogP contribution in [0.1, 0.15) is 32.9 Å². The summed E-state index contributed by atoms with van der Waals surface area (Å²) in [4.78, 5) is 29.1. The molecular weight excluding hydrogens is 394 g/mol. The summed E-state index contributed by atoms with van der Waals surface area (Å²) in [5, 5.41) is 3.60. The summed E-state index contributed by atoms with van der Waals surface area (Å²) in [6.07, 6.45) is -0.0943. The monoisotopic (exact) mass is 409 g/mol. The first-order valence-electron chi connectivity index (χ1n) is 8.64. The Morgan fingerprint density at radius 1 is 1.03 bits per heavy atom. The normalized spacial score (nSPS) is 15.4. The highest BCUT2D eigenvalue weighted by molar-refractivity contribution is 7.92. The zero-order valence-electron chi connectivity index (χ0n) is 15.2. The highest BCUT2D eigenvalue weighted by Gasteiger charge is 2.28. The summed E-state index contributed by atoms with van der Waals surface area (Å²) in [5.41, 5.74) is 1.22. The number of benzene rings is 2. The number of carbonyl (C=O) groups excluding carboxylic acids is 2. The molecule has 0 saturated carbocycles. The third-order valence-corrected chi connectivity index (χ3v) is 5.71. The van der Waals surface area contributed by atoms with Crippen molar-refractivity contribution in [1.29, 1.82) is 0 Å². The first-order valence-corrected chi connectivity index (χ1v) is 10.1. The van der Waals surface area contributed by atoms with Crippen molar-refractivity contribution in [3.8, 4) is 0 Å². The van der Waals surface area contributed by atoms with Gasteiger partial charge in [-0.25, -0.2) is 13.4 Å². The van der Waals surface area contributed by atoms with Crippen LogP contribution in [0, 0.1) is 6.92 Å². The van der Waals surface area contributed by atoms with Gasteiger partial charge in [0.1, 0.15) is 5.76 Å². The van der Waals surface area contributed by atoms with Crippen LogP contribution in [0.4, 0.5) is 11.5 Å². The third-order valence-electron chi connectivity index (χ3n) is 4.34. The maximum Gasteiger partial charge on any atom is 0.263 e. The Kier molecular flexibility index (Phi) is 4.59. The molecule has 2 aromatic carbocycles. The smallest absolute Gasteiger partial charge is 0.263 e. The molecule has 8 nitrogen and oxygen atoms in total. The molecule has 1 N–H and O–H groups in total. The van der Waals surface area contributed by atoms with E-state index in [-0.39, 0.29) is 34.4 Å². The van der Waals surface area contributed by atoms with Gasteiger partial charge in [-0.05, 0) is 31.2 Å². The molecule has 0 amide bonds. The molecule has 0 aliphatic heterocycles. The molecule has 0 fully saturated rings. The van der Waals surface area contributed by atoms with Gasteiger partial charge < -0.3 is 4.52 Å². The largest absolute Gasteiger partial charge is 0.360 e. The lowest BCUT2D eigenvalue weighted by Crippen LogP contribution is -2.26. The molecule has 29 heavy (non-hydrogen) atoms. The Morgan fingerprint density at radius 2 is 1.72 bits per heavy atom. The topological polar surface area (TPSA) is 119 Å². The van der Waals surface area contributed by atoms with Crippen LogP contribution in [0.3, 0.4) is 0 Å². The second-order valence-corrected chi connectivity index (χ2v) is 8.14. The van der Waals surface area contributed by atoms with Crippen LogP contribution < -0.4 is 4.72 Å². The van der Waals surface area contributed by atoms with E-state index in [0.717, 1.165) is 0 Å². The van der Waals surface area contributed by atoms with Gasteiger partial charge in [0.25, 0.3) is 10.0 Å². The number of nitrogens with zero attached hydrogens (tertiary/aromatic N) is 2. The van der Waals surface area contributed by atoms with E-state index < -0.39 is 10.0 Å². The molecule has 1 heterocycles. The van der Waals surface area contributed by atoms with E-state index in [1.807, 2.05) is 0 Å². The second kappa shape index (κ2) is 7.10. The van der Waals surface area contributed by atoms with Crippen LogP contribution in [0.2, 0.25) is 0 Å². The summed E-state index contributed by atoms with van der Waals surface area (Å²) in [6.45, 7) is 1.65. The van der Waals surface area contributed by atoms with E-state index >= 15 is 0 Å². The summed E-state index contributed by atoms with van der Waals surface area (Å²) in [5.74, 6) is 0.0733. The highest BCUT2D eigenvalue weighted by atomic mass is 32.2. The number of Topliss-reactive ketones (excluding diaryl/α,β-unsaturated/α-hetero) is 2. The van der Waals surface area contributed by atoms with Crippen molar-refractivity contribution in [3.63, 3.8) is 0 Å². The van der Waals surface area contributed by atoms with Crippen molar-refractivity contribution < 1.29 is 22.5 Å². The predicted octanol–water partition coefficient (Wildman–Crippen LogP) is 3.33. The van der Waals surface area contributed by atoms with E-state index in [1.165, 1.54) is 30.3 Å². The number of rotatable bonds is 4. The van der Waals surface area contributed by atoms with E-state index in [2.05, 4.69) is 14.9 Å². The maximum atomic E-state index is 12.6. The Labute approximate surface area is 166 Å². The van der Waals surface area contributed by atoms with E-state index in [1.54, 1.807) is 31.2 Å². The number of carbonyl (C=O) groups is 2. The number of anilines is 1. The molecule has 1 aliphatic rings. The summed E-state index contributed by atoms with van der Waals surface area (Å²) >= 11 is 0. The van der Waals surface area contributed by atoms with Crippen LogP contribution in [0.25, 0.3) is 0 Å². The standard InChI is InChI=1S/C20H15N3O5S/c1-12-10-19(22-28-12)23-29(26,27)14-8-6-13(7-9-14)21-17-11-18(24)15-4-2-3-5-16(15)20(17)25/h2-10H,11H2,1H3,(H,22,23). The van der Waals surface area contributed by atoms with Gasteiger partial charge in [0, 0.05) is 17.2 Å². The lowest BCUT2D eigenvalue weighted by Gasteiger charge is -2.15. The molecule has 9 heteroatoms. The molecule has 0 bridgehead atoms. The van der Waals surface area contributed by atoms with Crippen LogP contribution >= 0.6 is 0 Å². The molecule has 4 rings (SSSR count). The average Bonchev–Trinajstić information content (AvgIpc) is 3.10. The summed E-state index contributed by atoms with van der Waals surface area (Å²) < 4.78 is 32.0. The maximum absolute atomic E-state index is 12.6. The fourth-order valence-corrected chi connectivity index (χ4v) is 3.95. The minimum Gasteiger partial charge on any atom is -0.360 e. The third kappa shape index (κ3) is 3.72. The lowest BCUT2D eigenvalue weighted by atomic mass is 9.88. The number of aliphatic imine (C=N–C) groups is 1. The van der Waals surface area contributed by atoms with Gasteiger partial charge in [-0.2, -0.15) is 0 Å². The molecule has 1 aliphatic carbocycles. The lowest BCUT2D eigenvalue weighted by molar-refractivity contribution is 0.0965. The average molecular weight is 409 g/mol. The Hall–Kier alpha value is -3.59. The van der Waals surface area contributed by atoms with Crippen molar-refractivity contribution in [2.75, 3.05) is 4.72 Å². The van der Waals surface area contributed by atoms with Crippen molar-refractivity contribution in [2.45, 2.75) is 18.2 Å². The van der Waals surface area contributed by atoms with Crippen molar-refractivity contribution >= 4 is 38.8 Å². The molecule has 0 spiro atoms. The predicted molar refractivity (Wildman–Crippen MR) is 105 cm³/mol. The van der Waals surface area contributed by atoms with Crippen LogP contribution in [-0.2, 0) is 10.0 Å². The second-order valence-electron chi connectivity index (χ2n) is 6.46. The molecule has 0 radical (unpaired) electrons. The van der Waals surface area contributed by atoms with Gasteiger partial charge in [-0.3, -0.25) is 14.3 Å². The van der Waals surface area contributed by atoms with Crippen LogP contribution in [0.5, 0.6) is 0 Å². The molecule has 0 saturated heterocycles. The fourth-order valence-electron chi connectivity index (χ4n) is 2.96. The van der Waals surface area contributed by atoms with E-state index in [0.29, 0.717) is 22.6 Å². The quantitative estimate of drug-likeness (QED) is 0.706. The van der Waals surface area contributed by atoms with Crippen LogP contribution in [0.15, 0.2) is 69.0 Å². The van der Waals surface area contributed by atoms with E-state index in [4.69, 9.17) is 4.52 Å². The molecule has 146 valence electrons. The minimum absolute atomic E-state index is 0.00139. The SMILES string of the molecule is Cc1cc(NS(=O)(=O)c2ccc(N=C3CC(=O)c4ccccc4C3=O)cc2)no1. The number of ketones is 2. The molecule has 3 aromatic rings. The molecule has 0 unspecified atom stereocenters. The molecule has 0 atom stereocenters. The number of nitrogens with one attached hydrogen (secondary N) is 1. The Balaban J connectivity index is 1.58. The number of aryl methyl sites for hydroxylation is 1. The van der Waals surface area contributed by atoms with Gasteiger partial charge in [0.2, 0.25) is 5.78 Å². The zero-order valence-corrected chi connectivity index (χ0v) is 16.1. The number of sulfonamides is 1. The van der Waals surface area contributed by atoms with Crippen molar-refractivity contribution in [3.05, 3.63) is 71.5 Å².